The van der Waals surface area contributed by atoms with Crippen LogP contribution < -0.4 is 11.1 Å². The number of likely N-dealkylation sites (tertiary alicyclic amines) is 1. The van der Waals surface area contributed by atoms with Gasteiger partial charge in [-0.1, -0.05) is 6.92 Å². The number of rotatable bonds is 7. The van der Waals surface area contributed by atoms with E-state index >= 15 is 0 Å². The quantitative estimate of drug-likeness (QED) is 0.639. The minimum Gasteiger partial charge on any atom is -0.370 e. The lowest BCUT2D eigenvalue weighted by Crippen LogP contribution is -2.42. The van der Waals surface area contributed by atoms with E-state index in [9.17, 15) is 4.79 Å². The van der Waals surface area contributed by atoms with Gasteiger partial charge in [0.25, 0.3) is 0 Å². The van der Waals surface area contributed by atoms with Crippen LogP contribution in [0.5, 0.6) is 0 Å². The number of hydrogen-bond acceptors (Lipinski definition) is 4. The molecule has 1 heterocycles. The fourth-order valence-electron chi connectivity index (χ4n) is 2.22. The van der Waals surface area contributed by atoms with Gasteiger partial charge < -0.3 is 20.7 Å². The molecule has 1 fully saturated rings. The maximum absolute atomic E-state index is 11.6. The van der Waals surface area contributed by atoms with Gasteiger partial charge in [0.05, 0.1) is 0 Å². The molecule has 0 aliphatic carbocycles. The molecule has 3 N–H and O–H groups in total. The Morgan fingerprint density at radius 3 is 2.72 bits per heavy atom. The number of hydrogen-bond donors (Lipinski definition) is 2. The van der Waals surface area contributed by atoms with Gasteiger partial charge in [-0.05, 0) is 44.8 Å². The van der Waals surface area contributed by atoms with Crippen molar-refractivity contribution in [2.45, 2.75) is 32.3 Å². The van der Waals surface area contributed by atoms with Crippen LogP contribution in [-0.4, -0.2) is 56.7 Å². The lowest BCUT2D eigenvalue weighted by Gasteiger charge is -2.30. The third-order valence-corrected chi connectivity index (χ3v) is 3.62. The Morgan fingerprint density at radius 1 is 1.50 bits per heavy atom. The van der Waals surface area contributed by atoms with Gasteiger partial charge in [-0.2, -0.15) is 0 Å². The van der Waals surface area contributed by atoms with Crippen LogP contribution in [0.3, 0.4) is 0 Å². The summed E-state index contributed by atoms with van der Waals surface area (Å²) in [5.74, 6) is 0.764. The highest BCUT2D eigenvalue weighted by atomic mass is 16.5. The average Bonchev–Trinajstić information content (AvgIpc) is 2.38. The Labute approximate surface area is 110 Å². The normalized spacial score (nSPS) is 19.7. The predicted molar refractivity (Wildman–Crippen MR) is 72.3 cm³/mol. The van der Waals surface area contributed by atoms with Crippen LogP contribution in [0.2, 0.25) is 0 Å². The fraction of sp³-hybridized carbons (Fsp3) is 0.923. The van der Waals surface area contributed by atoms with Crippen molar-refractivity contribution in [2.24, 2.45) is 11.7 Å². The number of nitrogens with two attached hydrogens (primary N) is 1. The van der Waals surface area contributed by atoms with E-state index in [4.69, 9.17) is 10.5 Å². The van der Waals surface area contributed by atoms with E-state index < -0.39 is 6.10 Å². The topological polar surface area (TPSA) is 67.6 Å². The van der Waals surface area contributed by atoms with E-state index in [1.165, 1.54) is 33.0 Å². The van der Waals surface area contributed by atoms with E-state index in [-0.39, 0.29) is 12.5 Å². The summed E-state index contributed by atoms with van der Waals surface area (Å²) in [6, 6.07) is 0. The Kier molecular flexibility index (Phi) is 7.23. The zero-order valence-corrected chi connectivity index (χ0v) is 11.7. The molecule has 0 spiro atoms. The van der Waals surface area contributed by atoms with Gasteiger partial charge in [0.2, 0.25) is 5.91 Å². The molecule has 0 radical (unpaired) electrons. The van der Waals surface area contributed by atoms with Crippen molar-refractivity contribution in [1.82, 2.24) is 10.2 Å². The molecular weight excluding hydrogens is 230 g/mol. The number of amides is 1. The summed E-state index contributed by atoms with van der Waals surface area (Å²) in [5.41, 5.74) is 5.42. The van der Waals surface area contributed by atoms with Crippen LogP contribution in [-0.2, 0) is 9.53 Å². The van der Waals surface area contributed by atoms with E-state index in [1.54, 1.807) is 0 Å². The second kappa shape index (κ2) is 8.45. The van der Waals surface area contributed by atoms with Gasteiger partial charge in [0, 0.05) is 20.2 Å². The van der Waals surface area contributed by atoms with E-state index in [1.807, 2.05) is 0 Å². The lowest BCUT2D eigenvalue weighted by atomic mass is 9.99. The van der Waals surface area contributed by atoms with Gasteiger partial charge in [-0.3, -0.25) is 4.79 Å². The molecule has 0 aromatic heterocycles. The Hall–Kier alpha value is -0.650. The summed E-state index contributed by atoms with van der Waals surface area (Å²) in [6.45, 7) is 6.69. The third kappa shape index (κ3) is 5.33. The van der Waals surface area contributed by atoms with Crippen molar-refractivity contribution in [2.75, 3.05) is 39.8 Å². The standard InChI is InChI=1S/C13H27N3O2/c1-11-4-8-16(9-5-11)7-3-6-15-13(17)12(10-14)18-2/h11-12H,3-10,14H2,1-2H3,(H,15,17). The molecule has 5 nitrogen and oxygen atoms in total. The summed E-state index contributed by atoms with van der Waals surface area (Å²) in [4.78, 5) is 14.0. The van der Waals surface area contributed by atoms with Gasteiger partial charge in [-0.15, -0.1) is 0 Å². The first-order valence-corrected chi connectivity index (χ1v) is 6.90. The minimum absolute atomic E-state index is 0.104. The summed E-state index contributed by atoms with van der Waals surface area (Å²) in [6.07, 6.45) is 3.07. The van der Waals surface area contributed by atoms with Crippen molar-refractivity contribution in [3.05, 3.63) is 0 Å². The largest absolute Gasteiger partial charge is 0.370 e. The van der Waals surface area contributed by atoms with Crippen LogP contribution in [0.15, 0.2) is 0 Å². The third-order valence-electron chi connectivity index (χ3n) is 3.62. The maximum atomic E-state index is 11.6. The first kappa shape index (κ1) is 15.4. The molecule has 1 atom stereocenters. The number of ether oxygens (including phenoxy) is 1. The Morgan fingerprint density at radius 2 is 2.17 bits per heavy atom. The molecule has 1 rings (SSSR count). The summed E-state index contributed by atoms with van der Waals surface area (Å²) >= 11 is 0. The zero-order chi connectivity index (χ0) is 13.4. The van der Waals surface area contributed by atoms with Crippen molar-refractivity contribution in [1.29, 1.82) is 0 Å². The molecule has 0 bridgehead atoms. The van der Waals surface area contributed by atoms with Crippen LogP contribution in [0.1, 0.15) is 26.2 Å². The number of piperidine rings is 1. The molecule has 1 aliphatic heterocycles. The maximum Gasteiger partial charge on any atom is 0.250 e. The van der Waals surface area contributed by atoms with Crippen molar-refractivity contribution < 1.29 is 9.53 Å². The molecule has 0 aromatic carbocycles. The fourth-order valence-corrected chi connectivity index (χ4v) is 2.22. The average molecular weight is 257 g/mol. The molecule has 1 unspecified atom stereocenters. The van der Waals surface area contributed by atoms with E-state index in [2.05, 4.69) is 17.1 Å². The molecule has 18 heavy (non-hydrogen) atoms. The second-order valence-electron chi connectivity index (χ2n) is 5.13. The highest BCUT2D eigenvalue weighted by Crippen LogP contribution is 2.15. The van der Waals surface area contributed by atoms with Gasteiger partial charge >= 0.3 is 0 Å². The number of carbonyl (C=O) groups is 1. The Bertz CT molecular complexity index is 236. The molecule has 106 valence electrons. The summed E-state index contributed by atoms with van der Waals surface area (Å²) < 4.78 is 4.97. The zero-order valence-electron chi connectivity index (χ0n) is 11.7. The highest BCUT2D eigenvalue weighted by molar-refractivity contribution is 5.80. The molecule has 0 aromatic rings. The highest BCUT2D eigenvalue weighted by Gasteiger charge is 2.16. The number of carbonyl (C=O) groups excluding carboxylic acids is 1. The molecule has 1 amide bonds. The van der Waals surface area contributed by atoms with Crippen LogP contribution in [0.4, 0.5) is 0 Å². The van der Waals surface area contributed by atoms with Crippen LogP contribution in [0.25, 0.3) is 0 Å². The van der Waals surface area contributed by atoms with Gasteiger partial charge in [0.1, 0.15) is 6.10 Å². The lowest BCUT2D eigenvalue weighted by molar-refractivity contribution is -0.130. The monoisotopic (exact) mass is 257 g/mol. The first-order chi connectivity index (χ1) is 8.67. The number of nitrogens with one attached hydrogen (secondary N) is 1. The van der Waals surface area contributed by atoms with E-state index in [0.717, 1.165) is 18.9 Å². The van der Waals surface area contributed by atoms with Crippen molar-refractivity contribution >= 4 is 5.91 Å². The SMILES string of the molecule is COC(CN)C(=O)NCCCN1CCC(C)CC1. The van der Waals surface area contributed by atoms with Crippen LogP contribution >= 0.6 is 0 Å². The van der Waals surface area contributed by atoms with Crippen LogP contribution in [0, 0.1) is 5.92 Å². The predicted octanol–water partition coefficient (Wildman–Crippen LogP) is 0.198. The van der Waals surface area contributed by atoms with E-state index in [0.29, 0.717) is 6.54 Å². The molecular formula is C13H27N3O2. The summed E-state index contributed by atoms with van der Waals surface area (Å²) in [7, 11) is 1.51. The van der Waals surface area contributed by atoms with Gasteiger partial charge in [-0.25, -0.2) is 0 Å². The summed E-state index contributed by atoms with van der Waals surface area (Å²) in [5, 5.41) is 2.86. The molecule has 1 aliphatic rings. The molecule has 0 saturated carbocycles. The Balaban J connectivity index is 2.06. The van der Waals surface area contributed by atoms with Gasteiger partial charge in [0.15, 0.2) is 0 Å². The number of nitrogens with zero attached hydrogens (tertiary/aromatic N) is 1. The smallest absolute Gasteiger partial charge is 0.250 e. The minimum atomic E-state index is -0.513. The number of methoxy groups -OCH3 is 1. The molecule has 1 saturated heterocycles. The second-order valence-corrected chi connectivity index (χ2v) is 5.13. The first-order valence-electron chi connectivity index (χ1n) is 6.90. The van der Waals surface area contributed by atoms with Crippen molar-refractivity contribution in [3.8, 4) is 0 Å². The van der Waals surface area contributed by atoms with Crippen molar-refractivity contribution in [3.63, 3.8) is 0 Å². The molecule has 5 heteroatoms.